The number of halogens is 1. The predicted octanol–water partition coefficient (Wildman–Crippen LogP) is 1.53. The van der Waals surface area contributed by atoms with Crippen molar-refractivity contribution in [2.45, 2.75) is 0 Å². The smallest absolute Gasteiger partial charge is 0.180 e. The summed E-state index contributed by atoms with van der Waals surface area (Å²) in [6.07, 6.45) is 2.30. The molecule has 0 amide bonds. The number of carbonyl (C=O) groups excluding carboxylic acids is 1. The molecular formula is C11H10FNO3S. The molecule has 1 aromatic heterocycles. The Morgan fingerprint density at radius 2 is 2.12 bits per heavy atom. The lowest BCUT2D eigenvalue weighted by Crippen LogP contribution is -2.14. The molecule has 90 valence electrons. The minimum atomic E-state index is -3.42. The Kier molecular flexibility index (Phi) is 2.74. The predicted molar refractivity (Wildman–Crippen MR) is 62.3 cm³/mol. The molecule has 0 spiro atoms. The Labute approximate surface area is 97.4 Å². The van der Waals surface area contributed by atoms with Crippen LogP contribution in [0.3, 0.4) is 0 Å². The van der Waals surface area contributed by atoms with Crippen molar-refractivity contribution < 1.29 is 17.6 Å². The fourth-order valence-electron chi connectivity index (χ4n) is 1.68. The molecule has 0 aliphatic carbocycles. The number of fused-ring (bicyclic) bond motifs is 1. The molecule has 6 heteroatoms. The molecule has 2 rings (SSSR count). The molecule has 0 atom stereocenters. The van der Waals surface area contributed by atoms with Gasteiger partial charge in [-0.2, -0.15) is 0 Å². The van der Waals surface area contributed by atoms with Gasteiger partial charge in [0.2, 0.25) is 0 Å². The summed E-state index contributed by atoms with van der Waals surface area (Å²) in [5.74, 6) is -1.77. The van der Waals surface area contributed by atoms with Gasteiger partial charge in [0.25, 0.3) is 0 Å². The average Bonchev–Trinajstić information content (AvgIpc) is 2.60. The van der Waals surface area contributed by atoms with Gasteiger partial charge in [-0.15, -0.1) is 0 Å². The summed E-state index contributed by atoms with van der Waals surface area (Å²) in [5.41, 5.74) is 0.547. The van der Waals surface area contributed by atoms with Gasteiger partial charge in [0, 0.05) is 28.9 Å². The molecule has 0 saturated heterocycles. The van der Waals surface area contributed by atoms with E-state index in [9.17, 15) is 17.6 Å². The number of aromatic amines is 1. The van der Waals surface area contributed by atoms with Gasteiger partial charge in [-0.3, -0.25) is 4.79 Å². The van der Waals surface area contributed by atoms with E-state index in [0.29, 0.717) is 5.52 Å². The van der Waals surface area contributed by atoms with Gasteiger partial charge >= 0.3 is 0 Å². The number of aromatic nitrogens is 1. The molecule has 17 heavy (non-hydrogen) atoms. The van der Waals surface area contributed by atoms with E-state index in [2.05, 4.69) is 4.98 Å². The van der Waals surface area contributed by atoms with Crippen LogP contribution in [0.2, 0.25) is 0 Å². The maximum atomic E-state index is 13.6. The Morgan fingerprint density at radius 1 is 1.41 bits per heavy atom. The zero-order valence-corrected chi connectivity index (χ0v) is 9.84. The summed E-state index contributed by atoms with van der Waals surface area (Å²) >= 11 is 0. The van der Waals surface area contributed by atoms with E-state index in [1.54, 1.807) is 6.07 Å². The van der Waals surface area contributed by atoms with E-state index in [-0.39, 0.29) is 10.9 Å². The summed E-state index contributed by atoms with van der Waals surface area (Å²) in [6.45, 7) is 0. The fraction of sp³-hybridized carbons (Fsp3) is 0.182. The first kappa shape index (κ1) is 11.8. The van der Waals surface area contributed by atoms with Crippen LogP contribution in [0.25, 0.3) is 10.9 Å². The Hall–Kier alpha value is -1.69. The van der Waals surface area contributed by atoms with Crippen molar-refractivity contribution in [2.24, 2.45) is 0 Å². The molecule has 0 radical (unpaired) electrons. The number of hydrogen-bond acceptors (Lipinski definition) is 3. The van der Waals surface area contributed by atoms with Crippen LogP contribution in [0.5, 0.6) is 0 Å². The van der Waals surface area contributed by atoms with Crippen LogP contribution in [-0.4, -0.2) is 31.2 Å². The Balaban J connectivity index is 2.53. The lowest BCUT2D eigenvalue weighted by atomic mass is 10.1. The minimum Gasteiger partial charge on any atom is -0.360 e. The second-order valence-corrected chi connectivity index (χ2v) is 6.00. The monoisotopic (exact) mass is 255 g/mol. The van der Waals surface area contributed by atoms with Crippen molar-refractivity contribution in [3.05, 3.63) is 35.8 Å². The SMILES string of the molecule is CS(=O)(=O)CC(=O)c1c[nH]c2cccc(F)c12. The fourth-order valence-corrected chi connectivity index (χ4v) is 2.31. The van der Waals surface area contributed by atoms with E-state index in [4.69, 9.17) is 0 Å². The second-order valence-electron chi connectivity index (χ2n) is 3.86. The number of nitrogens with one attached hydrogen (secondary N) is 1. The van der Waals surface area contributed by atoms with E-state index < -0.39 is 27.2 Å². The van der Waals surface area contributed by atoms with E-state index in [1.807, 2.05) is 0 Å². The summed E-state index contributed by atoms with van der Waals surface area (Å²) in [7, 11) is -3.42. The molecule has 4 nitrogen and oxygen atoms in total. The lowest BCUT2D eigenvalue weighted by molar-refractivity contribution is 0.102. The minimum absolute atomic E-state index is 0.0727. The van der Waals surface area contributed by atoms with Crippen molar-refractivity contribution in [1.82, 2.24) is 4.98 Å². The number of H-pyrrole nitrogens is 1. The first-order chi connectivity index (χ1) is 7.88. The highest BCUT2D eigenvalue weighted by molar-refractivity contribution is 7.91. The van der Waals surface area contributed by atoms with Crippen molar-refractivity contribution in [1.29, 1.82) is 0 Å². The number of hydrogen-bond donors (Lipinski definition) is 1. The third-order valence-electron chi connectivity index (χ3n) is 2.35. The highest BCUT2D eigenvalue weighted by atomic mass is 32.2. The summed E-state index contributed by atoms with van der Waals surface area (Å²) in [5, 5.41) is 0.140. The maximum absolute atomic E-state index is 13.6. The molecule has 1 aromatic carbocycles. The first-order valence-electron chi connectivity index (χ1n) is 4.85. The topological polar surface area (TPSA) is 67.0 Å². The largest absolute Gasteiger partial charge is 0.360 e. The van der Waals surface area contributed by atoms with E-state index >= 15 is 0 Å². The third kappa shape index (κ3) is 2.36. The number of sulfone groups is 1. The number of ketones is 1. The van der Waals surface area contributed by atoms with Gasteiger partial charge in [0.15, 0.2) is 15.6 Å². The number of rotatable bonds is 3. The molecule has 1 heterocycles. The zero-order chi connectivity index (χ0) is 12.6. The van der Waals surface area contributed by atoms with Crippen LogP contribution in [0.4, 0.5) is 4.39 Å². The quantitative estimate of drug-likeness (QED) is 0.846. The standard InChI is InChI=1S/C11H10FNO3S/c1-17(15,16)6-10(14)7-5-13-9-4-2-3-8(12)11(7)9/h2-5,13H,6H2,1H3. The average molecular weight is 255 g/mol. The third-order valence-corrected chi connectivity index (χ3v) is 3.14. The first-order valence-corrected chi connectivity index (χ1v) is 6.91. The number of carbonyl (C=O) groups is 1. The number of Topliss-reactive ketones (excluding diaryl/α,β-unsaturated/α-hetero) is 1. The molecule has 1 N–H and O–H groups in total. The van der Waals surface area contributed by atoms with Gasteiger partial charge < -0.3 is 4.98 Å². The molecule has 0 aliphatic heterocycles. The van der Waals surface area contributed by atoms with Crippen molar-refractivity contribution in [3.8, 4) is 0 Å². The Bertz CT molecular complexity index is 688. The molecule has 0 saturated carbocycles. The molecule has 0 aliphatic rings. The number of benzene rings is 1. The van der Waals surface area contributed by atoms with Gasteiger partial charge in [-0.05, 0) is 12.1 Å². The van der Waals surface area contributed by atoms with Crippen molar-refractivity contribution >= 4 is 26.5 Å². The van der Waals surface area contributed by atoms with Crippen LogP contribution in [0.15, 0.2) is 24.4 Å². The highest BCUT2D eigenvalue weighted by Gasteiger charge is 2.18. The highest BCUT2D eigenvalue weighted by Crippen LogP contribution is 2.22. The van der Waals surface area contributed by atoms with Crippen molar-refractivity contribution in [2.75, 3.05) is 12.0 Å². The molecule has 0 bridgehead atoms. The molecular weight excluding hydrogens is 245 g/mol. The normalized spacial score (nSPS) is 11.9. The summed E-state index contributed by atoms with van der Waals surface area (Å²) in [4.78, 5) is 14.5. The maximum Gasteiger partial charge on any atom is 0.180 e. The van der Waals surface area contributed by atoms with Gasteiger partial charge in [0.05, 0.1) is 0 Å². The van der Waals surface area contributed by atoms with Gasteiger partial charge in [-0.1, -0.05) is 6.07 Å². The van der Waals surface area contributed by atoms with Gasteiger partial charge in [-0.25, -0.2) is 12.8 Å². The van der Waals surface area contributed by atoms with Crippen LogP contribution in [0, 0.1) is 5.82 Å². The van der Waals surface area contributed by atoms with Crippen molar-refractivity contribution in [3.63, 3.8) is 0 Å². The molecule has 2 aromatic rings. The second kappa shape index (κ2) is 3.96. The lowest BCUT2D eigenvalue weighted by Gasteiger charge is -1.98. The van der Waals surface area contributed by atoms with E-state index in [0.717, 1.165) is 6.26 Å². The zero-order valence-electron chi connectivity index (χ0n) is 9.03. The van der Waals surface area contributed by atoms with Gasteiger partial charge in [0.1, 0.15) is 11.6 Å². The summed E-state index contributed by atoms with van der Waals surface area (Å²) in [6, 6.07) is 4.36. The molecule has 0 fully saturated rings. The van der Waals surface area contributed by atoms with E-state index in [1.165, 1.54) is 18.3 Å². The van der Waals surface area contributed by atoms with Crippen LogP contribution >= 0.6 is 0 Å². The Morgan fingerprint density at radius 3 is 2.76 bits per heavy atom. The van der Waals surface area contributed by atoms with Crippen LogP contribution in [-0.2, 0) is 9.84 Å². The summed E-state index contributed by atoms with van der Waals surface area (Å²) < 4.78 is 35.6. The molecule has 0 unspecified atom stereocenters. The van der Waals surface area contributed by atoms with Crippen LogP contribution in [0.1, 0.15) is 10.4 Å². The van der Waals surface area contributed by atoms with Crippen LogP contribution < -0.4 is 0 Å².